The lowest BCUT2D eigenvalue weighted by molar-refractivity contribution is 0.248. The minimum Gasteiger partial charge on any atom is -0.362 e. The normalized spacial score (nSPS) is 20.0. The lowest BCUT2D eigenvalue weighted by Gasteiger charge is -2.36. The van der Waals surface area contributed by atoms with Gasteiger partial charge in [-0.25, -0.2) is 9.78 Å². The Bertz CT molecular complexity index is 1000. The second kappa shape index (κ2) is 9.43. The van der Waals surface area contributed by atoms with Crippen molar-refractivity contribution < 1.29 is 4.79 Å². The van der Waals surface area contributed by atoms with Crippen LogP contribution in [0.4, 0.5) is 22.2 Å². The number of nitriles is 1. The van der Waals surface area contributed by atoms with Gasteiger partial charge in [0.15, 0.2) is 0 Å². The summed E-state index contributed by atoms with van der Waals surface area (Å²) >= 11 is 0. The van der Waals surface area contributed by atoms with Crippen molar-refractivity contribution in [3.63, 3.8) is 0 Å². The van der Waals surface area contributed by atoms with Crippen molar-refractivity contribution in [1.82, 2.24) is 9.97 Å². The molecular formula is C24H31N7O. The minimum atomic E-state index is -0.459. The number of nitrogens with two attached hydrogens (primary N) is 1. The third-order valence-electron chi connectivity index (χ3n) is 6.49. The van der Waals surface area contributed by atoms with Crippen molar-refractivity contribution in [2.24, 2.45) is 5.73 Å². The number of anilines is 3. The summed E-state index contributed by atoms with van der Waals surface area (Å²) in [5.74, 6) is 1.73. The van der Waals surface area contributed by atoms with Crippen LogP contribution in [-0.4, -0.2) is 42.2 Å². The van der Waals surface area contributed by atoms with Crippen LogP contribution in [0.3, 0.4) is 0 Å². The first-order valence-electron chi connectivity index (χ1n) is 11.4. The van der Waals surface area contributed by atoms with Crippen molar-refractivity contribution in [3.05, 3.63) is 41.1 Å². The maximum absolute atomic E-state index is 12.2. The molecule has 2 aliphatic rings. The van der Waals surface area contributed by atoms with Crippen LogP contribution in [0.2, 0.25) is 0 Å². The first-order chi connectivity index (χ1) is 15.5. The molecule has 2 aromatic rings. The second-order valence-electron chi connectivity index (χ2n) is 8.91. The molecule has 3 N–H and O–H groups in total. The topological polar surface area (TPSA) is 111 Å². The molecule has 0 bridgehead atoms. The molecule has 1 saturated carbocycles. The molecular weight excluding hydrogens is 402 g/mol. The van der Waals surface area contributed by atoms with Crippen LogP contribution in [-0.2, 0) is 12.8 Å². The Morgan fingerprint density at radius 2 is 1.78 bits per heavy atom. The van der Waals surface area contributed by atoms with Gasteiger partial charge in [0.25, 0.3) is 0 Å². The number of rotatable bonds is 5. The molecule has 0 radical (unpaired) electrons. The van der Waals surface area contributed by atoms with Gasteiger partial charge >= 0.3 is 6.03 Å². The Kier molecular flexibility index (Phi) is 6.45. The quantitative estimate of drug-likeness (QED) is 0.745. The molecule has 4 rings (SSSR count). The van der Waals surface area contributed by atoms with Crippen molar-refractivity contribution in [3.8, 4) is 6.07 Å². The average molecular weight is 434 g/mol. The fourth-order valence-electron chi connectivity index (χ4n) is 4.88. The van der Waals surface area contributed by atoms with E-state index < -0.39 is 6.03 Å². The summed E-state index contributed by atoms with van der Waals surface area (Å²) in [5, 5.41) is 12.6. The van der Waals surface area contributed by atoms with Gasteiger partial charge in [0, 0.05) is 37.4 Å². The van der Waals surface area contributed by atoms with E-state index in [0.29, 0.717) is 11.5 Å². The molecule has 8 heteroatoms. The van der Waals surface area contributed by atoms with E-state index in [1.807, 2.05) is 14.1 Å². The van der Waals surface area contributed by atoms with E-state index in [1.165, 1.54) is 24.1 Å². The lowest BCUT2D eigenvalue weighted by atomic mass is 9.90. The van der Waals surface area contributed by atoms with Gasteiger partial charge < -0.3 is 16.0 Å². The number of aryl methyl sites for hydroxylation is 1. The fourth-order valence-corrected chi connectivity index (χ4v) is 4.88. The molecule has 1 aromatic carbocycles. The molecule has 8 nitrogen and oxygen atoms in total. The van der Waals surface area contributed by atoms with Gasteiger partial charge in [-0.15, -0.1) is 0 Å². The van der Waals surface area contributed by atoms with Gasteiger partial charge in [0.05, 0.1) is 17.3 Å². The zero-order valence-electron chi connectivity index (χ0n) is 18.8. The van der Waals surface area contributed by atoms with E-state index in [2.05, 4.69) is 16.3 Å². The zero-order chi connectivity index (χ0) is 22.7. The maximum atomic E-state index is 12.2. The number of amides is 2. The number of nitrogens with zero attached hydrogens (tertiary/aromatic N) is 5. The molecule has 32 heavy (non-hydrogen) atoms. The van der Waals surface area contributed by atoms with Crippen LogP contribution in [0, 0.1) is 11.3 Å². The lowest BCUT2D eigenvalue weighted by Crippen LogP contribution is -2.46. The number of fused-ring (bicyclic) bond motifs is 1. The van der Waals surface area contributed by atoms with Gasteiger partial charge in [0.2, 0.25) is 5.95 Å². The highest BCUT2D eigenvalue weighted by Gasteiger charge is 2.30. The van der Waals surface area contributed by atoms with Crippen molar-refractivity contribution >= 4 is 23.5 Å². The van der Waals surface area contributed by atoms with E-state index in [4.69, 9.17) is 21.0 Å². The molecule has 1 heterocycles. The third kappa shape index (κ3) is 4.62. The standard InChI is InChI=1S/C24H31N7O/c1-30(2)22-20-5-3-4-6-21(20)28-24(29-22)27-17-9-13-19(14-10-17)31(23(26)32)18-11-7-16(15-25)8-12-18/h7-8,11-12,17,19H,3-6,9-10,13-14H2,1-2H3,(H2,26,32)(H,27,28,29). The third-order valence-corrected chi connectivity index (χ3v) is 6.49. The summed E-state index contributed by atoms with van der Waals surface area (Å²) in [7, 11) is 4.07. The van der Waals surface area contributed by atoms with Crippen LogP contribution in [0.25, 0.3) is 0 Å². The summed E-state index contributed by atoms with van der Waals surface area (Å²) < 4.78 is 0. The van der Waals surface area contributed by atoms with Crippen molar-refractivity contribution in [2.75, 3.05) is 29.2 Å². The van der Waals surface area contributed by atoms with E-state index in [-0.39, 0.29) is 12.1 Å². The fraction of sp³-hybridized carbons (Fsp3) is 0.500. The summed E-state index contributed by atoms with van der Waals surface area (Å²) in [6.07, 6.45) is 7.93. The van der Waals surface area contributed by atoms with Gasteiger partial charge in [-0.1, -0.05) is 0 Å². The smallest absolute Gasteiger partial charge is 0.319 e. The number of urea groups is 1. The first-order valence-corrected chi connectivity index (χ1v) is 11.4. The molecule has 0 saturated heterocycles. The number of aromatic nitrogens is 2. The Morgan fingerprint density at radius 1 is 1.09 bits per heavy atom. The molecule has 2 amide bonds. The molecule has 0 aliphatic heterocycles. The first kappa shape index (κ1) is 21.9. The highest BCUT2D eigenvalue weighted by molar-refractivity contribution is 5.91. The number of carbonyl (C=O) groups is 1. The van der Waals surface area contributed by atoms with Crippen LogP contribution in [0.5, 0.6) is 0 Å². The van der Waals surface area contributed by atoms with Gasteiger partial charge in [0.1, 0.15) is 5.82 Å². The predicted octanol–water partition coefficient (Wildman–Crippen LogP) is 3.60. The molecule has 0 atom stereocenters. The van der Waals surface area contributed by atoms with Gasteiger partial charge in [-0.2, -0.15) is 10.2 Å². The number of benzene rings is 1. The number of nitrogens with one attached hydrogen (secondary N) is 1. The number of primary amides is 1. The Hall–Kier alpha value is -3.34. The summed E-state index contributed by atoms with van der Waals surface area (Å²) in [4.78, 5) is 25.6. The van der Waals surface area contributed by atoms with Crippen LogP contribution >= 0.6 is 0 Å². The molecule has 0 unspecified atom stereocenters. The number of hydrogen-bond acceptors (Lipinski definition) is 6. The Balaban J connectivity index is 1.44. The van der Waals surface area contributed by atoms with Crippen molar-refractivity contribution in [1.29, 1.82) is 5.26 Å². The molecule has 2 aliphatic carbocycles. The van der Waals surface area contributed by atoms with Crippen LogP contribution < -0.4 is 20.9 Å². The van der Waals surface area contributed by atoms with Gasteiger partial charge in [-0.05, 0) is 75.6 Å². The molecule has 1 aromatic heterocycles. The van der Waals surface area contributed by atoms with Crippen molar-refractivity contribution in [2.45, 2.75) is 63.5 Å². The SMILES string of the molecule is CN(C)c1nc(NC2CCC(N(C(N)=O)c3ccc(C#N)cc3)CC2)nc2c1CCCC2. The van der Waals surface area contributed by atoms with E-state index in [1.54, 1.807) is 29.2 Å². The maximum Gasteiger partial charge on any atom is 0.319 e. The van der Waals surface area contributed by atoms with E-state index in [9.17, 15) is 4.79 Å². The largest absolute Gasteiger partial charge is 0.362 e. The van der Waals surface area contributed by atoms with Crippen LogP contribution in [0.15, 0.2) is 24.3 Å². The Labute approximate surface area is 189 Å². The highest BCUT2D eigenvalue weighted by atomic mass is 16.2. The Morgan fingerprint density at radius 3 is 2.41 bits per heavy atom. The number of hydrogen-bond donors (Lipinski definition) is 2. The molecule has 1 fully saturated rings. The summed E-state index contributed by atoms with van der Waals surface area (Å²) in [6.45, 7) is 0. The zero-order valence-corrected chi connectivity index (χ0v) is 18.8. The molecule has 168 valence electrons. The van der Waals surface area contributed by atoms with Crippen LogP contribution in [0.1, 0.15) is 55.3 Å². The summed E-state index contributed by atoms with van der Waals surface area (Å²) in [5.41, 5.74) is 9.48. The summed E-state index contributed by atoms with van der Waals surface area (Å²) in [6, 6.07) is 8.96. The second-order valence-corrected chi connectivity index (χ2v) is 8.91. The molecule has 0 spiro atoms. The van der Waals surface area contributed by atoms with E-state index >= 15 is 0 Å². The predicted molar refractivity (Wildman–Crippen MR) is 126 cm³/mol. The minimum absolute atomic E-state index is 0.0419. The average Bonchev–Trinajstić information content (AvgIpc) is 2.80. The van der Waals surface area contributed by atoms with E-state index in [0.717, 1.165) is 50.0 Å². The highest BCUT2D eigenvalue weighted by Crippen LogP contribution is 2.31. The number of carbonyl (C=O) groups excluding carboxylic acids is 1. The van der Waals surface area contributed by atoms with Gasteiger partial charge in [-0.3, -0.25) is 4.90 Å². The monoisotopic (exact) mass is 433 g/mol.